The van der Waals surface area contributed by atoms with Crippen molar-refractivity contribution in [1.29, 1.82) is 0 Å². The number of aliphatic hydroxyl groups is 1. The van der Waals surface area contributed by atoms with Crippen LogP contribution in [0.2, 0.25) is 0 Å². The second-order valence-corrected chi connectivity index (χ2v) is 4.79. The molecule has 0 bridgehead atoms. The van der Waals surface area contributed by atoms with Crippen LogP contribution in [0.25, 0.3) is 0 Å². The fourth-order valence-electron chi connectivity index (χ4n) is 0.969. The van der Waals surface area contributed by atoms with Gasteiger partial charge in [-0.1, -0.05) is 13.8 Å². The van der Waals surface area contributed by atoms with Gasteiger partial charge in [0.25, 0.3) is 0 Å². The van der Waals surface area contributed by atoms with E-state index < -0.39 is 6.10 Å². The molecule has 4 nitrogen and oxygen atoms in total. The maximum Gasteiger partial charge on any atom is 0.222 e. The van der Waals surface area contributed by atoms with E-state index >= 15 is 0 Å². The molecule has 0 aliphatic carbocycles. The number of hydrogen-bond donors (Lipinski definition) is 3. The van der Waals surface area contributed by atoms with E-state index in [0.29, 0.717) is 13.1 Å². The summed E-state index contributed by atoms with van der Waals surface area (Å²) in [4.78, 5) is 11.3. The first-order chi connectivity index (χ1) is 6.74. The van der Waals surface area contributed by atoms with Gasteiger partial charge in [-0.2, -0.15) is 0 Å². The number of rotatable bonds is 6. The second kappa shape index (κ2) is 6.08. The van der Waals surface area contributed by atoms with Gasteiger partial charge in [-0.05, 0) is 20.8 Å². The fourth-order valence-corrected chi connectivity index (χ4v) is 0.969. The van der Waals surface area contributed by atoms with Crippen LogP contribution in [0.1, 0.15) is 27.7 Å². The van der Waals surface area contributed by atoms with Crippen molar-refractivity contribution in [3.8, 4) is 0 Å². The predicted octanol–water partition coefficient (Wildman–Crippen LogP) is 0.322. The normalized spacial score (nSPS) is 14.1. The molecule has 0 aliphatic heterocycles. The lowest BCUT2D eigenvalue weighted by Gasteiger charge is -2.27. The molecule has 0 saturated carbocycles. The van der Waals surface area contributed by atoms with Crippen LogP contribution in [0, 0.1) is 12.8 Å². The lowest BCUT2D eigenvalue weighted by Crippen LogP contribution is -2.51. The minimum absolute atomic E-state index is 0.000711. The fraction of sp³-hybridized carbons (Fsp3) is 0.818. The highest BCUT2D eigenvalue weighted by Crippen LogP contribution is 2.01. The maximum atomic E-state index is 11.3. The van der Waals surface area contributed by atoms with Crippen molar-refractivity contribution >= 4 is 5.91 Å². The molecular weight excluding hydrogens is 192 g/mol. The third-order valence-electron chi connectivity index (χ3n) is 2.05. The van der Waals surface area contributed by atoms with Gasteiger partial charge < -0.3 is 15.7 Å². The Morgan fingerprint density at radius 3 is 2.40 bits per heavy atom. The molecule has 0 fully saturated rings. The third kappa shape index (κ3) is 7.33. The van der Waals surface area contributed by atoms with Crippen LogP contribution in [0.3, 0.4) is 0 Å². The van der Waals surface area contributed by atoms with E-state index in [2.05, 4.69) is 17.6 Å². The summed E-state index contributed by atoms with van der Waals surface area (Å²) in [5.74, 6) is 0.0410. The van der Waals surface area contributed by atoms with Crippen molar-refractivity contribution < 1.29 is 9.90 Å². The first kappa shape index (κ1) is 14.4. The quantitative estimate of drug-likeness (QED) is 0.598. The van der Waals surface area contributed by atoms with Gasteiger partial charge in [-0.3, -0.25) is 4.79 Å². The van der Waals surface area contributed by atoms with Gasteiger partial charge in [0, 0.05) is 24.5 Å². The predicted molar refractivity (Wildman–Crippen MR) is 61.3 cm³/mol. The Morgan fingerprint density at radius 2 is 2.00 bits per heavy atom. The number of carbonyl (C=O) groups excluding carboxylic acids is 1. The van der Waals surface area contributed by atoms with E-state index in [1.165, 1.54) is 0 Å². The Hall–Kier alpha value is -0.610. The molecular formula is C11H23N2O2. The van der Waals surface area contributed by atoms with Crippen LogP contribution in [0.15, 0.2) is 0 Å². The molecule has 3 N–H and O–H groups in total. The van der Waals surface area contributed by atoms with Gasteiger partial charge in [0.15, 0.2) is 0 Å². The lowest BCUT2D eigenvalue weighted by atomic mass is 10.0. The largest absolute Gasteiger partial charge is 0.392 e. The molecule has 1 atom stereocenters. The highest BCUT2D eigenvalue weighted by molar-refractivity contribution is 5.77. The topological polar surface area (TPSA) is 61.4 Å². The molecule has 0 spiro atoms. The average molecular weight is 215 g/mol. The van der Waals surface area contributed by atoms with Crippen molar-refractivity contribution in [2.45, 2.75) is 39.3 Å². The molecule has 4 heteroatoms. The van der Waals surface area contributed by atoms with E-state index in [0.717, 1.165) is 0 Å². The van der Waals surface area contributed by atoms with Crippen LogP contribution < -0.4 is 10.6 Å². The number of amides is 1. The summed E-state index contributed by atoms with van der Waals surface area (Å²) in [6.07, 6.45) is -0.620. The zero-order chi connectivity index (χ0) is 12.1. The Labute approximate surface area is 92.4 Å². The van der Waals surface area contributed by atoms with Gasteiger partial charge in [-0.15, -0.1) is 0 Å². The van der Waals surface area contributed by atoms with Crippen LogP contribution in [-0.4, -0.2) is 35.7 Å². The minimum Gasteiger partial charge on any atom is -0.392 e. The van der Waals surface area contributed by atoms with E-state index in [1.807, 2.05) is 27.7 Å². The van der Waals surface area contributed by atoms with Gasteiger partial charge >= 0.3 is 0 Å². The van der Waals surface area contributed by atoms with Gasteiger partial charge in [0.1, 0.15) is 0 Å². The smallest absolute Gasteiger partial charge is 0.222 e. The summed E-state index contributed by atoms with van der Waals surface area (Å²) in [5.41, 5.74) is -0.233. The van der Waals surface area contributed by atoms with E-state index in [-0.39, 0.29) is 17.4 Å². The first-order valence-electron chi connectivity index (χ1n) is 5.28. The molecule has 0 heterocycles. The summed E-state index contributed by atoms with van der Waals surface area (Å²) >= 11 is 0. The van der Waals surface area contributed by atoms with Gasteiger partial charge in [-0.25, -0.2) is 0 Å². The number of aliphatic hydroxyl groups excluding tert-OH is 1. The molecule has 15 heavy (non-hydrogen) atoms. The number of hydrogen-bond acceptors (Lipinski definition) is 3. The molecule has 1 unspecified atom stereocenters. The standard InChI is InChI=1S/C11H23N2O2/c1-8(2)10(15)12-7-11(4,5)13-6-9(3)14/h8-9,13-14H,3,6-7H2,1-2,4-5H3,(H,12,15). The van der Waals surface area contributed by atoms with Crippen LogP contribution >= 0.6 is 0 Å². The summed E-state index contributed by atoms with van der Waals surface area (Å²) in [6.45, 7) is 12.1. The number of nitrogens with one attached hydrogen (secondary N) is 2. The molecule has 0 aromatic heterocycles. The third-order valence-corrected chi connectivity index (χ3v) is 2.05. The minimum atomic E-state index is -0.620. The van der Waals surface area contributed by atoms with Crippen LogP contribution in [0.5, 0.6) is 0 Å². The molecule has 1 amide bonds. The first-order valence-corrected chi connectivity index (χ1v) is 5.28. The van der Waals surface area contributed by atoms with Crippen molar-refractivity contribution in [2.75, 3.05) is 13.1 Å². The number of carbonyl (C=O) groups is 1. The van der Waals surface area contributed by atoms with E-state index in [9.17, 15) is 4.79 Å². The molecule has 0 aliphatic rings. The Balaban J connectivity index is 3.88. The van der Waals surface area contributed by atoms with E-state index in [1.54, 1.807) is 0 Å². The molecule has 0 rings (SSSR count). The van der Waals surface area contributed by atoms with Gasteiger partial charge in [0.05, 0.1) is 6.10 Å². The zero-order valence-corrected chi connectivity index (χ0v) is 10.1. The van der Waals surface area contributed by atoms with Crippen LogP contribution in [0.4, 0.5) is 0 Å². The monoisotopic (exact) mass is 215 g/mol. The molecule has 0 aromatic rings. The molecule has 1 radical (unpaired) electrons. The highest BCUT2D eigenvalue weighted by Gasteiger charge is 2.19. The lowest BCUT2D eigenvalue weighted by molar-refractivity contribution is -0.124. The number of β-amino-alcohol motifs (C(OH)–C–C–N with tert-alkyl or cyclic N) is 1. The Kier molecular flexibility index (Phi) is 5.83. The SMILES string of the molecule is [CH2]C(O)CNC(C)(C)CNC(=O)C(C)C. The second-order valence-electron chi connectivity index (χ2n) is 4.79. The highest BCUT2D eigenvalue weighted by atomic mass is 16.3. The molecule has 0 saturated heterocycles. The van der Waals surface area contributed by atoms with Crippen molar-refractivity contribution in [1.82, 2.24) is 10.6 Å². The Morgan fingerprint density at radius 1 is 1.47 bits per heavy atom. The molecule has 89 valence electrons. The summed E-state index contributed by atoms with van der Waals surface area (Å²) in [6, 6.07) is 0. The van der Waals surface area contributed by atoms with E-state index in [4.69, 9.17) is 5.11 Å². The van der Waals surface area contributed by atoms with Crippen LogP contribution in [-0.2, 0) is 4.79 Å². The van der Waals surface area contributed by atoms with Gasteiger partial charge in [0.2, 0.25) is 5.91 Å². The average Bonchev–Trinajstić information content (AvgIpc) is 2.11. The van der Waals surface area contributed by atoms with Crippen molar-refractivity contribution in [3.63, 3.8) is 0 Å². The van der Waals surface area contributed by atoms with Crippen molar-refractivity contribution in [3.05, 3.63) is 6.92 Å². The summed E-state index contributed by atoms with van der Waals surface area (Å²) in [7, 11) is 0. The molecule has 0 aromatic carbocycles. The van der Waals surface area contributed by atoms with Crippen molar-refractivity contribution in [2.24, 2.45) is 5.92 Å². The Bertz CT molecular complexity index is 201. The zero-order valence-electron chi connectivity index (χ0n) is 10.1. The maximum absolute atomic E-state index is 11.3. The summed E-state index contributed by atoms with van der Waals surface area (Å²) in [5, 5.41) is 15.0. The summed E-state index contributed by atoms with van der Waals surface area (Å²) < 4.78 is 0.